The number of Topliss-reactive ketones (excluding diaryl/α,β-unsaturated/α-hetero) is 1. The van der Waals surface area contributed by atoms with Gasteiger partial charge in [-0.3, -0.25) is 4.79 Å². The standard InChI is InChI=1S/C25H24N2O4/c1-4-16-12-9-13-18-19(14-26-22(16)18)23(28)24(17-10-7-6-8-11-17)30-25(29)21-15(3)31-27-20(21)5-2/h6-14,24,26H,4-5H2,1-3H3/t24-/m0/s1. The van der Waals surface area contributed by atoms with Crippen molar-refractivity contribution in [2.24, 2.45) is 0 Å². The summed E-state index contributed by atoms with van der Waals surface area (Å²) in [5, 5.41) is 4.74. The molecule has 6 heteroatoms. The van der Waals surface area contributed by atoms with Gasteiger partial charge in [-0.15, -0.1) is 0 Å². The molecule has 6 nitrogen and oxygen atoms in total. The molecule has 158 valence electrons. The molecule has 0 unspecified atom stereocenters. The Morgan fingerprint density at radius 2 is 1.84 bits per heavy atom. The van der Waals surface area contributed by atoms with Crippen LogP contribution in [0.15, 0.2) is 59.3 Å². The number of rotatable bonds is 7. The third-order valence-corrected chi connectivity index (χ3v) is 5.49. The van der Waals surface area contributed by atoms with Crippen LogP contribution in [0.25, 0.3) is 10.9 Å². The molecule has 1 N–H and O–H groups in total. The number of ketones is 1. The topological polar surface area (TPSA) is 85.2 Å². The van der Waals surface area contributed by atoms with E-state index in [1.807, 2.05) is 43.3 Å². The molecule has 0 saturated carbocycles. The second-order valence-corrected chi connectivity index (χ2v) is 7.37. The molecule has 4 rings (SSSR count). The van der Waals surface area contributed by atoms with Gasteiger partial charge in [0.2, 0.25) is 5.78 Å². The van der Waals surface area contributed by atoms with Crippen LogP contribution in [0.1, 0.15) is 63.2 Å². The highest BCUT2D eigenvalue weighted by molar-refractivity contribution is 6.11. The number of aryl methyl sites for hydroxylation is 3. The number of esters is 1. The van der Waals surface area contributed by atoms with Crippen molar-refractivity contribution in [1.29, 1.82) is 0 Å². The highest BCUT2D eigenvalue weighted by Gasteiger charge is 2.31. The number of H-pyrrole nitrogens is 1. The van der Waals surface area contributed by atoms with Crippen LogP contribution in [0, 0.1) is 6.92 Å². The van der Waals surface area contributed by atoms with Crippen molar-refractivity contribution in [3.05, 3.63) is 88.4 Å². The molecular formula is C25H24N2O4. The number of hydrogen-bond acceptors (Lipinski definition) is 5. The minimum atomic E-state index is -1.09. The van der Waals surface area contributed by atoms with E-state index in [9.17, 15) is 9.59 Å². The molecule has 0 fully saturated rings. The number of hydrogen-bond donors (Lipinski definition) is 1. The number of benzene rings is 2. The normalized spacial score (nSPS) is 12.1. The Bertz CT molecular complexity index is 1240. The lowest BCUT2D eigenvalue weighted by molar-refractivity contribution is 0.0278. The maximum Gasteiger partial charge on any atom is 0.344 e. The maximum atomic E-state index is 13.6. The molecule has 0 aliphatic carbocycles. The van der Waals surface area contributed by atoms with Crippen molar-refractivity contribution < 1.29 is 18.8 Å². The van der Waals surface area contributed by atoms with Crippen molar-refractivity contribution in [1.82, 2.24) is 10.1 Å². The summed E-state index contributed by atoms with van der Waals surface area (Å²) >= 11 is 0. The average Bonchev–Trinajstić information content (AvgIpc) is 3.40. The third-order valence-electron chi connectivity index (χ3n) is 5.49. The van der Waals surface area contributed by atoms with Crippen LogP contribution >= 0.6 is 0 Å². The van der Waals surface area contributed by atoms with Crippen molar-refractivity contribution in [2.75, 3.05) is 0 Å². The van der Waals surface area contributed by atoms with Gasteiger partial charge in [-0.1, -0.05) is 67.5 Å². The lowest BCUT2D eigenvalue weighted by Gasteiger charge is -2.17. The molecule has 0 bridgehead atoms. The summed E-state index contributed by atoms with van der Waals surface area (Å²) in [6.45, 7) is 5.61. The quantitative estimate of drug-likeness (QED) is 0.323. The molecule has 0 aliphatic heterocycles. The first-order chi connectivity index (χ1) is 15.0. The number of para-hydroxylation sites is 1. The second kappa shape index (κ2) is 8.60. The van der Waals surface area contributed by atoms with Crippen molar-refractivity contribution >= 4 is 22.7 Å². The summed E-state index contributed by atoms with van der Waals surface area (Å²) in [6.07, 6.45) is 1.97. The fourth-order valence-corrected chi connectivity index (χ4v) is 3.84. The molecule has 4 aromatic rings. The second-order valence-electron chi connectivity index (χ2n) is 7.37. The summed E-state index contributed by atoms with van der Waals surface area (Å²) < 4.78 is 11.0. The first-order valence-corrected chi connectivity index (χ1v) is 10.4. The highest BCUT2D eigenvalue weighted by Crippen LogP contribution is 2.30. The summed E-state index contributed by atoms with van der Waals surface area (Å²) in [6, 6.07) is 14.9. The van der Waals surface area contributed by atoms with Crippen molar-refractivity contribution in [2.45, 2.75) is 39.7 Å². The van der Waals surface area contributed by atoms with Gasteiger partial charge in [0.15, 0.2) is 6.10 Å². The Morgan fingerprint density at radius 3 is 2.55 bits per heavy atom. The Morgan fingerprint density at radius 1 is 1.06 bits per heavy atom. The van der Waals surface area contributed by atoms with Crippen molar-refractivity contribution in [3.63, 3.8) is 0 Å². The largest absolute Gasteiger partial charge is 0.445 e. The van der Waals surface area contributed by atoms with Gasteiger partial charge in [-0.25, -0.2) is 4.79 Å². The van der Waals surface area contributed by atoms with Gasteiger partial charge in [-0.2, -0.15) is 0 Å². The minimum absolute atomic E-state index is 0.281. The van der Waals surface area contributed by atoms with E-state index in [1.165, 1.54) is 0 Å². The Kier molecular flexibility index (Phi) is 5.71. The Labute approximate surface area is 180 Å². The predicted molar refractivity (Wildman–Crippen MR) is 117 cm³/mol. The molecule has 0 aliphatic rings. The van der Waals surface area contributed by atoms with Crippen LogP contribution in [0.2, 0.25) is 0 Å². The number of nitrogens with one attached hydrogen (secondary N) is 1. The van der Waals surface area contributed by atoms with Crippen LogP contribution in [0.3, 0.4) is 0 Å². The lowest BCUT2D eigenvalue weighted by atomic mass is 9.98. The molecule has 2 aromatic heterocycles. The van der Waals surface area contributed by atoms with Gasteiger partial charge < -0.3 is 14.2 Å². The molecule has 0 amide bonds. The highest BCUT2D eigenvalue weighted by atomic mass is 16.5. The number of fused-ring (bicyclic) bond motifs is 1. The van der Waals surface area contributed by atoms with Gasteiger partial charge in [0.05, 0.1) is 5.69 Å². The van der Waals surface area contributed by atoms with E-state index in [-0.39, 0.29) is 11.3 Å². The fraction of sp³-hybridized carbons (Fsp3) is 0.240. The molecular weight excluding hydrogens is 392 g/mol. The Hall–Kier alpha value is -3.67. The predicted octanol–water partition coefficient (Wildman–Crippen LogP) is 5.37. The third kappa shape index (κ3) is 3.77. The molecule has 2 aromatic carbocycles. The SMILES string of the molecule is CCc1noc(C)c1C(=O)O[C@H](C(=O)c1c[nH]c2c(CC)cccc12)c1ccccc1. The van der Waals surface area contributed by atoms with E-state index in [4.69, 9.17) is 9.26 Å². The molecule has 0 spiro atoms. The number of carbonyl (C=O) groups excluding carboxylic acids is 2. The number of aromatic nitrogens is 2. The molecule has 1 atom stereocenters. The number of carbonyl (C=O) groups is 2. The van der Waals surface area contributed by atoms with Crippen molar-refractivity contribution in [3.8, 4) is 0 Å². The number of nitrogens with zero attached hydrogens (tertiary/aromatic N) is 1. The van der Waals surface area contributed by atoms with E-state index in [0.717, 1.165) is 22.9 Å². The van der Waals surface area contributed by atoms with Gasteiger partial charge in [-0.05, 0) is 25.3 Å². The first-order valence-electron chi connectivity index (χ1n) is 10.4. The summed E-state index contributed by atoms with van der Waals surface area (Å²) in [5.41, 5.74) is 3.94. The summed E-state index contributed by atoms with van der Waals surface area (Å²) in [7, 11) is 0. The van der Waals surface area contributed by atoms with Crippen LogP contribution in [0.4, 0.5) is 0 Å². The minimum Gasteiger partial charge on any atom is -0.445 e. The fourth-order valence-electron chi connectivity index (χ4n) is 3.84. The summed E-state index contributed by atoms with van der Waals surface area (Å²) in [5.74, 6) is -0.529. The van der Waals surface area contributed by atoms with Crippen LogP contribution in [-0.4, -0.2) is 21.9 Å². The average molecular weight is 416 g/mol. The number of ether oxygens (including phenoxy) is 1. The van der Waals surface area contributed by atoms with E-state index in [0.29, 0.717) is 29.0 Å². The molecule has 0 saturated heterocycles. The zero-order valence-corrected chi connectivity index (χ0v) is 17.8. The molecule has 2 heterocycles. The van der Waals surface area contributed by atoms with E-state index >= 15 is 0 Å². The zero-order chi connectivity index (χ0) is 22.0. The van der Waals surface area contributed by atoms with E-state index < -0.39 is 12.1 Å². The maximum absolute atomic E-state index is 13.6. The lowest BCUT2D eigenvalue weighted by Crippen LogP contribution is -2.21. The van der Waals surface area contributed by atoms with Gasteiger partial charge in [0.1, 0.15) is 11.3 Å². The van der Waals surface area contributed by atoms with Crippen LogP contribution in [0.5, 0.6) is 0 Å². The zero-order valence-electron chi connectivity index (χ0n) is 17.8. The van der Waals surface area contributed by atoms with E-state index in [1.54, 1.807) is 25.3 Å². The van der Waals surface area contributed by atoms with Gasteiger partial charge in [0.25, 0.3) is 0 Å². The monoisotopic (exact) mass is 416 g/mol. The van der Waals surface area contributed by atoms with Gasteiger partial charge in [0, 0.05) is 28.2 Å². The van der Waals surface area contributed by atoms with Crippen LogP contribution in [-0.2, 0) is 17.6 Å². The molecule has 0 radical (unpaired) electrons. The van der Waals surface area contributed by atoms with Gasteiger partial charge >= 0.3 is 5.97 Å². The Balaban J connectivity index is 1.75. The first kappa shape index (κ1) is 20.6. The summed E-state index contributed by atoms with van der Waals surface area (Å²) in [4.78, 5) is 29.9. The molecule has 31 heavy (non-hydrogen) atoms. The smallest absolute Gasteiger partial charge is 0.344 e. The van der Waals surface area contributed by atoms with E-state index in [2.05, 4.69) is 17.1 Å². The number of aromatic amines is 1. The van der Waals surface area contributed by atoms with Crippen LogP contribution < -0.4 is 0 Å².